The van der Waals surface area contributed by atoms with Crippen molar-refractivity contribution in [2.24, 2.45) is 0 Å². The van der Waals surface area contributed by atoms with Crippen LogP contribution in [0, 0.1) is 0 Å². The minimum absolute atomic E-state index is 0.00944. The predicted molar refractivity (Wildman–Crippen MR) is 76.2 cm³/mol. The molecule has 1 unspecified atom stereocenters. The molecular weight excluding hydrogens is 274 g/mol. The van der Waals surface area contributed by atoms with Crippen molar-refractivity contribution in [3.05, 3.63) is 40.3 Å². The number of morpholine rings is 1. The Balaban J connectivity index is 1.79. The van der Waals surface area contributed by atoms with Crippen molar-refractivity contribution in [3.63, 3.8) is 0 Å². The van der Waals surface area contributed by atoms with E-state index in [0.29, 0.717) is 0 Å². The number of fused-ring (bicyclic) bond motifs is 3. The van der Waals surface area contributed by atoms with Crippen LogP contribution in [0.3, 0.4) is 0 Å². The van der Waals surface area contributed by atoms with Crippen LogP contribution in [0.4, 0.5) is 0 Å². The van der Waals surface area contributed by atoms with Crippen LogP contribution in [-0.4, -0.2) is 41.7 Å². The van der Waals surface area contributed by atoms with Gasteiger partial charge < -0.3 is 14.6 Å². The summed E-state index contributed by atoms with van der Waals surface area (Å²) < 4.78 is 7.52. The highest BCUT2D eigenvalue weighted by Crippen LogP contribution is 2.31. The second kappa shape index (κ2) is 4.73. The van der Waals surface area contributed by atoms with Crippen molar-refractivity contribution in [1.82, 2.24) is 14.8 Å². The number of carbonyl (C=O) groups is 1. The SMILES string of the molecule is O=C1NC(N2CCOCC2)c2cccn2-c2ccsc21. The number of rotatable bonds is 1. The molecule has 0 radical (unpaired) electrons. The van der Waals surface area contributed by atoms with E-state index >= 15 is 0 Å². The van der Waals surface area contributed by atoms with E-state index in [0.717, 1.165) is 42.6 Å². The summed E-state index contributed by atoms with van der Waals surface area (Å²) >= 11 is 1.49. The molecule has 1 saturated heterocycles. The van der Waals surface area contributed by atoms with Crippen LogP contribution in [0.1, 0.15) is 21.5 Å². The third-order valence-electron chi connectivity index (χ3n) is 3.85. The molecule has 2 aliphatic heterocycles. The van der Waals surface area contributed by atoms with Gasteiger partial charge in [-0.05, 0) is 23.6 Å². The molecular formula is C14H15N3O2S. The van der Waals surface area contributed by atoms with Gasteiger partial charge in [0, 0.05) is 19.3 Å². The molecule has 5 nitrogen and oxygen atoms in total. The maximum absolute atomic E-state index is 12.4. The molecule has 1 amide bonds. The Morgan fingerprint density at radius 3 is 3.00 bits per heavy atom. The second-order valence-electron chi connectivity index (χ2n) is 4.96. The Morgan fingerprint density at radius 2 is 2.15 bits per heavy atom. The number of ether oxygens (including phenoxy) is 1. The zero-order valence-corrected chi connectivity index (χ0v) is 11.7. The Bertz CT molecular complexity index is 642. The third kappa shape index (κ3) is 1.80. The van der Waals surface area contributed by atoms with Crippen molar-refractivity contribution in [2.45, 2.75) is 6.17 Å². The van der Waals surface area contributed by atoms with Crippen molar-refractivity contribution in [2.75, 3.05) is 26.3 Å². The Labute approximate surface area is 120 Å². The second-order valence-corrected chi connectivity index (χ2v) is 5.88. The summed E-state index contributed by atoms with van der Waals surface area (Å²) in [7, 11) is 0. The topological polar surface area (TPSA) is 46.5 Å². The lowest BCUT2D eigenvalue weighted by molar-refractivity contribution is 0.00761. The molecule has 2 aliphatic rings. The Morgan fingerprint density at radius 1 is 1.30 bits per heavy atom. The minimum Gasteiger partial charge on any atom is -0.379 e. The van der Waals surface area contributed by atoms with Crippen LogP contribution >= 0.6 is 11.3 Å². The number of aromatic nitrogens is 1. The van der Waals surface area contributed by atoms with Gasteiger partial charge in [-0.2, -0.15) is 0 Å². The lowest BCUT2D eigenvalue weighted by Gasteiger charge is -2.34. The third-order valence-corrected chi connectivity index (χ3v) is 4.75. The van der Waals surface area contributed by atoms with Gasteiger partial charge in [0.2, 0.25) is 0 Å². The molecule has 0 spiro atoms. The largest absolute Gasteiger partial charge is 0.379 e. The number of nitrogens with one attached hydrogen (secondary N) is 1. The minimum atomic E-state index is -0.0824. The van der Waals surface area contributed by atoms with Crippen LogP contribution in [0.25, 0.3) is 5.69 Å². The Kier molecular flexibility index (Phi) is 2.87. The lowest BCUT2D eigenvalue weighted by Crippen LogP contribution is -2.46. The van der Waals surface area contributed by atoms with Crippen LogP contribution < -0.4 is 5.32 Å². The summed E-state index contributed by atoms with van der Waals surface area (Å²) in [5.74, 6) is 0.00944. The zero-order chi connectivity index (χ0) is 13.5. The number of nitrogens with zero attached hydrogens (tertiary/aromatic N) is 2. The summed E-state index contributed by atoms with van der Waals surface area (Å²) in [5.41, 5.74) is 2.08. The normalized spacial score (nSPS) is 22.8. The number of hydrogen-bond donors (Lipinski definition) is 1. The van der Waals surface area contributed by atoms with E-state index in [1.165, 1.54) is 11.3 Å². The lowest BCUT2D eigenvalue weighted by atomic mass is 10.2. The van der Waals surface area contributed by atoms with E-state index in [2.05, 4.69) is 20.9 Å². The van der Waals surface area contributed by atoms with Crippen molar-refractivity contribution < 1.29 is 9.53 Å². The van der Waals surface area contributed by atoms with Gasteiger partial charge in [0.15, 0.2) is 0 Å². The first-order chi connectivity index (χ1) is 9.84. The molecule has 20 heavy (non-hydrogen) atoms. The quantitative estimate of drug-likeness (QED) is 0.867. The number of amides is 1. The van der Waals surface area contributed by atoms with Crippen LogP contribution in [0.15, 0.2) is 29.8 Å². The molecule has 1 N–H and O–H groups in total. The van der Waals surface area contributed by atoms with E-state index in [9.17, 15) is 4.79 Å². The van der Waals surface area contributed by atoms with Crippen molar-refractivity contribution in [3.8, 4) is 5.69 Å². The molecule has 1 atom stereocenters. The first-order valence-corrected chi connectivity index (χ1v) is 7.60. The molecule has 0 bridgehead atoms. The van der Waals surface area contributed by atoms with Crippen molar-refractivity contribution in [1.29, 1.82) is 0 Å². The van der Waals surface area contributed by atoms with Crippen LogP contribution in [-0.2, 0) is 4.74 Å². The highest BCUT2D eigenvalue weighted by atomic mass is 32.1. The molecule has 104 valence electrons. The van der Waals surface area contributed by atoms with Gasteiger partial charge >= 0.3 is 0 Å². The van der Waals surface area contributed by atoms with E-state index in [-0.39, 0.29) is 12.1 Å². The first-order valence-electron chi connectivity index (χ1n) is 6.72. The van der Waals surface area contributed by atoms with E-state index in [4.69, 9.17) is 4.74 Å². The average Bonchev–Trinajstić information content (AvgIpc) is 3.12. The number of thiophene rings is 1. The van der Waals surface area contributed by atoms with Gasteiger partial charge in [-0.15, -0.1) is 11.3 Å². The zero-order valence-electron chi connectivity index (χ0n) is 10.9. The van der Waals surface area contributed by atoms with E-state index in [1.54, 1.807) is 0 Å². The fourth-order valence-corrected chi connectivity index (χ4v) is 3.66. The van der Waals surface area contributed by atoms with Crippen molar-refractivity contribution >= 4 is 17.2 Å². The van der Waals surface area contributed by atoms with Gasteiger partial charge in [0.05, 0.1) is 24.6 Å². The fourth-order valence-electron chi connectivity index (χ4n) is 2.88. The summed E-state index contributed by atoms with van der Waals surface area (Å²) in [6.45, 7) is 3.11. The maximum Gasteiger partial charge on any atom is 0.265 e. The number of carbonyl (C=O) groups excluding carboxylic acids is 1. The molecule has 6 heteroatoms. The molecule has 0 aromatic carbocycles. The molecule has 4 rings (SSSR count). The standard InChI is InChI=1S/C14H15N3O2S/c18-14-12-10(3-9-20-12)17-4-1-2-11(17)13(15-14)16-5-7-19-8-6-16/h1-4,9,13H,5-8H2,(H,15,18). The molecule has 0 saturated carbocycles. The average molecular weight is 289 g/mol. The molecule has 4 heterocycles. The Hall–Kier alpha value is -1.63. The van der Waals surface area contributed by atoms with Crippen LogP contribution in [0.2, 0.25) is 0 Å². The van der Waals surface area contributed by atoms with Gasteiger partial charge in [0.25, 0.3) is 5.91 Å². The van der Waals surface area contributed by atoms with Crippen LogP contribution in [0.5, 0.6) is 0 Å². The number of hydrogen-bond acceptors (Lipinski definition) is 4. The van der Waals surface area contributed by atoms with Gasteiger partial charge in [-0.3, -0.25) is 9.69 Å². The summed E-state index contributed by atoms with van der Waals surface area (Å²) in [5, 5.41) is 5.12. The molecule has 0 aliphatic carbocycles. The van der Waals surface area contributed by atoms with Gasteiger partial charge in [-0.1, -0.05) is 0 Å². The highest BCUT2D eigenvalue weighted by molar-refractivity contribution is 7.12. The molecule has 2 aromatic heterocycles. The predicted octanol–water partition coefficient (Wildman–Crippen LogP) is 1.61. The smallest absolute Gasteiger partial charge is 0.265 e. The summed E-state index contributed by atoms with van der Waals surface area (Å²) in [6.07, 6.45) is 1.94. The van der Waals surface area contributed by atoms with Gasteiger partial charge in [0.1, 0.15) is 11.0 Å². The fraction of sp³-hybridized carbons (Fsp3) is 0.357. The van der Waals surface area contributed by atoms with Gasteiger partial charge in [-0.25, -0.2) is 0 Å². The monoisotopic (exact) mass is 289 g/mol. The molecule has 1 fully saturated rings. The summed E-state index contributed by atoms with van der Waals surface area (Å²) in [4.78, 5) is 15.5. The molecule has 2 aromatic rings. The van der Waals surface area contributed by atoms with E-state index in [1.807, 2.05) is 23.7 Å². The maximum atomic E-state index is 12.4. The van der Waals surface area contributed by atoms with E-state index < -0.39 is 0 Å². The first kappa shape index (κ1) is 12.1. The summed E-state index contributed by atoms with van der Waals surface area (Å²) in [6, 6.07) is 6.11. The highest BCUT2D eigenvalue weighted by Gasteiger charge is 2.31.